The topological polar surface area (TPSA) is 72.2 Å². The summed E-state index contributed by atoms with van der Waals surface area (Å²) in [5.41, 5.74) is 5.73. The lowest BCUT2D eigenvalue weighted by Crippen LogP contribution is -2.46. The van der Waals surface area contributed by atoms with Crippen molar-refractivity contribution in [3.05, 3.63) is 0 Å². The summed E-state index contributed by atoms with van der Waals surface area (Å²) >= 11 is 0. The van der Waals surface area contributed by atoms with Gasteiger partial charge in [0.15, 0.2) is 0 Å². The van der Waals surface area contributed by atoms with Gasteiger partial charge in [-0.3, -0.25) is 0 Å². The van der Waals surface area contributed by atoms with Crippen molar-refractivity contribution < 1.29 is 8.42 Å². The average molecular weight is 297 g/mol. The summed E-state index contributed by atoms with van der Waals surface area (Å²) in [6.07, 6.45) is 8.08. The fraction of sp³-hybridized carbons (Fsp3) is 1.00. The monoisotopic (exact) mass is 296 g/mol. The first-order valence-electron chi connectivity index (χ1n) is 6.81. The normalized spacial score (nSPS) is 23.4. The van der Waals surface area contributed by atoms with Gasteiger partial charge in [0.05, 0.1) is 5.75 Å². The zero-order valence-corrected chi connectivity index (χ0v) is 12.4. The molecule has 2 saturated carbocycles. The van der Waals surface area contributed by atoms with Crippen molar-refractivity contribution >= 4 is 22.4 Å². The number of halogens is 1. The minimum absolute atomic E-state index is 0. The molecular weight excluding hydrogens is 272 g/mol. The number of nitrogens with two attached hydrogens (primary N) is 1. The minimum atomic E-state index is -3.11. The number of nitrogens with one attached hydrogen (secondary N) is 1. The van der Waals surface area contributed by atoms with Crippen LogP contribution in [0.5, 0.6) is 0 Å². The number of rotatable bonds is 6. The van der Waals surface area contributed by atoms with Crippen molar-refractivity contribution in [2.45, 2.75) is 51.0 Å². The van der Waals surface area contributed by atoms with Crippen molar-refractivity contribution in [1.29, 1.82) is 0 Å². The third kappa shape index (κ3) is 5.03. The third-order valence-corrected chi connectivity index (χ3v) is 5.53. The molecule has 0 bridgehead atoms. The molecule has 108 valence electrons. The van der Waals surface area contributed by atoms with Crippen LogP contribution in [0.15, 0.2) is 0 Å². The average Bonchev–Trinajstić information content (AvgIpc) is 3.10. The lowest BCUT2D eigenvalue weighted by atomic mass is 9.84. The van der Waals surface area contributed by atoms with Gasteiger partial charge in [0.1, 0.15) is 0 Å². The van der Waals surface area contributed by atoms with Crippen LogP contribution in [0.1, 0.15) is 44.9 Å². The molecule has 1 atom stereocenters. The fourth-order valence-corrected chi connectivity index (χ4v) is 4.55. The molecule has 0 spiro atoms. The zero-order valence-electron chi connectivity index (χ0n) is 10.8. The molecule has 0 aromatic rings. The summed E-state index contributed by atoms with van der Waals surface area (Å²) in [7, 11) is -3.11. The van der Waals surface area contributed by atoms with E-state index in [-0.39, 0.29) is 18.4 Å². The van der Waals surface area contributed by atoms with Crippen LogP contribution < -0.4 is 10.5 Å². The second kappa shape index (κ2) is 7.08. The Morgan fingerprint density at radius 2 is 1.72 bits per heavy atom. The van der Waals surface area contributed by atoms with Gasteiger partial charge in [-0.1, -0.05) is 19.3 Å². The molecule has 0 saturated heterocycles. The van der Waals surface area contributed by atoms with Crippen molar-refractivity contribution in [3.63, 3.8) is 0 Å². The predicted molar refractivity (Wildman–Crippen MR) is 76.3 cm³/mol. The first-order chi connectivity index (χ1) is 8.11. The Balaban J connectivity index is 0.00000162. The van der Waals surface area contributed by atoms with E-state index in [9.17, 15) is 8.42 Å². The molecule has 18 heavy (non-hydrogen) atoms. The van der Waals surface area contributed by atoms with Crippen LogP contribution in [-0.2, 0) is 10.0 Å². The first kappa shape index (κ1) is 16.2. The molecular formula is C12H25ClN2O2S. The van der Waals surface area contributed by atoms with Crippen LogP contribution in [0.3, 0.4) is 0 Å². The summed E-state index contributed by atoms with van der Waals surface area (Å²) in [6.45, 7) is 0.425. The van der Waals surface area contributed by atoms with Crippen molar-refractivity contribution in [2.75, 3.05) is 12.3 Å². The summed E-state index contributed by atoms with van der Waals surface area (Å²) in [4.78, 5) is 0. The molecule has 0 aromatic heterocycles. The van der Waals surface area contributed by atoms with Crippen molar-refractivity contribution in [3.8, 4) is 0 Å². The van der Waals surface area contributed by atoms with Gasteiger partial charge in [-0.25, -0.2) is 13.1 Å². The van der Waals surface area contributed by atoms with E-state index in [2.05, 4.69) is 4.72 Å². The number of sulfonamides is 1. The highest BCUT2D eigenvalue weighted by atomic mass is 35.5. The summed E-state index contributed by atoms with van der Waals surface area (Å²) < 4.78 is 26.7. The van der Waals surface area contributed by atoms with Gasteiger partial charge >= 0.3 is 0 Å². The molecule has 2 aliphatic carbocycles. The number of hydrogen-bond acceptors (Lipinski definition) is 3. The molecule has 4 nitrogen and oxygen atoms in total. The van der Waals surface area contributed by atoms with Gasteiger partial charge in [0.2, 0.25) is 10.0 Å². The van der Waals surface area contributed by atoms with Gasteiger partial charge in [-0.15, -0.1) is 12.4 Å². The van der Waals surface area contributed by atoms with Crippen LogP contribution in [0.4, 0.5) is 0 Å². The summed E-state index contributed by atoms with van der Waals surface area (Å²) in [6, 6.07) is -0.0425. The molecule has 2 rings (SSSR count). The Morgan fingerprint density at radius 3 is 2.22 bits per heavy atom. The Kier molecular flexibility index (Phi) is 6.38. The Labute approximate surface area is 117 Å². The van der Waals surface area contributed by atoms with Crippen LogP contribution in [0.25, 0.3) is 0 Å². The standard InChI is InChI=1S/C12H24N2O2S.ClH/c13-8-12(11-4-2-1-3-5-11)14-17(15,16)9-10-6-7-10;/h10-12,14H,1-9,13H2;1H. The van der Waals surface area contributed by atoms with E-state index < -0.39 is 10.0 Å². The highest BCUT2D eigenvalue weighted by Gasteiger charge is 2.31. The SMILES string of the molecule is Cl.NCC(NS(=O)(=O)CC1CC1)C1CCCCC1. The highest BCUT2D eigenvalue weighted by molar-refractivity contribution is 7.89. The van der Waals surface area contributed by atoms with Crippen molar-refractivity contribution in [1.82, 2.24) is 4.72 Å². The molecule has 2 aliphatic rings. The van der Waals surface area contributed by atoms with E-state index in [1.165, 1.54) is 19.3 Å². The van der Waals surface area contributed by atoms with Gasteiger partial charge in [-0.2, -0.15) is 0 Å². The molecule has 3 N–H and O–H groups in total. The quantitative estimate of drug-likeness (QED) is 0.783. The lowest BCUT2D eigenvalue weighted by molar-refractivity contribution is 0.294. The highest BCUT2D eigenvalue weighted by Crippen LogP contribution is 2.31. The molecule has 0 heterocycles. The number of hydrogen-bond donors (Lipinski definition) is 2. The maximum Gasteiger partial charge on any atom is 0.212 e. The van der Waals surface area contributed by atoms with E-state index in [4.69, 9.17) is 5.73 Å². The van der Waals surface area contributed by atoms with Crippen LogP contribution in [-0.4, -0.2) is 26.8 Å². The van der Waals surface area contributed by atoms with E-state index in [0.717, 1.165) is 25.7 Å². The second-order valence-corrected chi connectivity index (χ2v) is 7.38. The molecule has 0 aromatic carbocycles. The summed E-state index contributed by atoms with van der Waals surface area (Å²) in [5.74, 6) is 1.15. The minimum Gasteiger partial charge on any atom is -0.329 e. The first-order valence-corrected chi connectivity index (χ1v) is 8.46. The van der Waals surface area contributed by atoms with E-state index in [1.54, 1.807) is 0 Å². The predicted octanol–water partition coefficient (Wildman–Crippen LogP) is 1.65. The largest absolute Gasteiger partial charge is 0.329 e. The Morgan fingerprint density at radius 1 is 1.11 bits per heavy atom. The Bertz CT molecular complexity index is 338. The molecule has 1 unspecified atom stereocenters. The zero-order chi connectivity index (χ0) is 12.3. The maximum atomic E-state index is 11.9. The fourth-order valence-electron chi connectivity index (χ4n) is 2.75. The summed E-state index contributed by atoms with van der Waals surface area (Å²) in [5, 5.41) is 0. The van der Waals surface area contributed by atoms with E-state index in [1.807, 2.05) is 0 Å². The smallest absolute Gasteiger partial charge is 0.212 e. The molecule has 2 fully saturated rings. The van der Waals surface area contributed by atoms with Gasteiger partial charge < -0.3 is 5.73 Å². The third-order valence-electron chi connectivity index (χ3n) is 3.96. The van der Waals surface area contributed by atoms with Crippen molar-refractivity contribution in [2.24, 2.45) is 17.6 Å². The van der Waals surface area contributed by atoms with Gasteiger partial charge in [0.25, 0.3) is 0 Å². The molecule has 0 amide bonds. The maximum absolute atomic E-state index is 11.9. The lowest BCUT2D eigenvalue weighted by Gasteiger charge is -2.29. The van der Waals surface area contributed by atoms with E-state index in [0.29, 0.717) is 24.1 Å². The second-order valence-electron chi connectivity index (χ2n) is 5.58. The van der Waals surface area contributed by atoms with Crippen LogP contribution in [0.2, 0.25) is 0 Å². The molecule has 0 radical (unpaired) electrons. The van der Waals surface area contributed by atoms with Gasteiger partial charge in [-0.05, 0) is 37.5 Å². The van der Waals surface area contributed by atoms with Gasteiger partial charge in [0, 0.05) is 12.6 Å². The van der Waals surface area contributed by atoms with Crippen LogP contribution in [0, 0.1) is 11.8 Å². The van der Waals surface area contributed by atoms with Crippen LogP contribution >= 0.6 is 12.4 Å². The molecule has 0 aliphatic heterocycles. The molecule has 6 heteroatoms. The van der Waals surface area contributed by atoms with E-state index >= 15 is 0 Å². The Hall–Kier alpha value is 0.160.